The molecule has 0 aliphatic heterocycles. The first kappa shape index (κ1) is 13.1. The molecule has 1 aromatic heterocycles. The van der Waals surface area contributed by atoms with Crippen LogP contribution in [0.3, 0.4) is 0 Å². The Balaban J connectivity index is 2.09. The lowest BCUT2D eigenvalue weighted by atomic mass is 10.3. The van der Waals surface area contributed by atoms with Gasteiger partial charge in [0.2, 0.25) is 0 Å². The van der Waals surface area contributed by atoms with Crippen LogP contribution in [-0.2, 0) is 6.54 Å². The molecule has 0 aliphatic carbocycles. The Labute approximate surface area is 108 Å². The zero-order valence-electron chi connectivity index (χ0n) is 11.3. The standard InChI is InChI=1S/C14H21N3O/c1-11(18)10-16(3)8-9-17-12(2)15-13-6-4-5-7-14(13)17/h4-7,11,18H,8-10H2,1-3H3. The fourth-order valence-electron chi connectivity index (χ4n) is 2.29. The van der Waals surface area contributed by atoms with E-state index in [1.54, 1.807) is 0 Å². The van der Waals surface area contributed by atoms with Gasteiger partial charge in [0.1, 0.15) is 5.82 Å². The van der Waals surface area contributed by atoms with Crippen molar-refractivity contribution in [3.8, 4) is 0 Å². The topological polar surface area (TPSA) is 41.3 Å². The molecule has 1 aromatic carbocycles. The number of imidazole rings is 1. The van der Waals surface area contributed by atoms with Crippen LogP contribution >= 0.6 is 0 Å². The third kappa shape index (κ3) is 2.89. The van der Waals surface area contributed by atoms with Crippen LogP contribution in [0.5, 0.6) is 0 Å². The number of rotatable bonds is 5. The van der Waals surface area contributed by atoms with E-state index in [1.165, 1.54) is 5.52 Å². The molecule has 4 nitrogen and oxygen atoms in total. The van der Waals surface area contributed by atoms with E-state index < -0.39 is 0 Å². The number of fused-ring (bicyclic) bond motifs is 1. The highest BCUT2D eigenvalue weighted by Crippen LogP contribution is 2.15. The zero-order chi connectivity index (χ0) is 13.1. The minimum Gasteiger partial charge on any atom is -0.392 e. The number of aliphatic hydroxyl groups is 1. The molecule has 1 unspecified atom stereocenters. The van der Waals surface area contributed by atoms with Crippen molar-refractivity contribution in [3.05, 3.63) is 30.1 Å². The Bertz CT molecular complexity index is 519. The molecular formula is C14H21N3O. The van der Waals surface area contributed by atoms with E-state index in [0.29, 0.717) is 6.54 Å². The predicted octanol–water partition coefficient (Wildman–Crippen LogP) is 1.66. The van der Waals surface area contributed by atoms with Crippen LogP contribution in [0.25, 0.3) is 11.0 Å². The summed E-state index contributed by atoms with van der Waals surface area (Å²) in [4.78, 5) is 6.68. The number of aryl methyl sites for hydroxylation is 1. The van der Waals surface area contributed by atoms with Crippen LogP contribution in [0.2, 0.25) is 0 Å². The highest BCUT2D eigenvalue weighted by Gasteiger charge is 2.08. The van der Waals surface area contributed by atoms with Gasteiger partial charge < -0.3 is 14.6 Å². The minimum atomic E-state index is -0.282. The third-order valence-electron chi connectivity index (χ3n) is 3.13. The first-order chi connectivity index (χ1) is 8.58. The summed E-state index contributed by atoms with van der Waals surface area (Å²) in [6, 6.07) is 8.19. The molecule has 98 valence electrons. The maximum absolute atomic E-state index is 9.35. The fraction of sp³-hybridized carbons (Fsp3) is 0.500. The number of likely N-dealkylation sites (N-methyl/N-ethyl adjacent to an activating group) is 1. The first-order valence-electron chi connectivity index (χ1n) is 6.36. The molecule has 0 radical (unpaired) electrons. The Morgan fingerprint density at radius 1 is 1.39 bits per heavy atom. The summed E-state index contributed by atoms with van der Waals surface area (Å²) >= 11 is 0. The molecule has 0 saturated heterocycles. The highest BCUT2D eigenvalue weighted by atomic mass is 16.3. The minimum absolute atomic E-state index is 0.282. The molecular weight excluding hydrogens is 226 g/mol. The Morgan fingerprint density at radius 3 is 2.83 bits per heavy atom. The molecule has 0 spiro atoms. The lowest BCUT2D eigenvalue weighted by Gasteiger charge is -2.19. The van der Waals surface area contributed by atoms with E-state index in [2.05, 4.69) is 20.5 Å². The molecule has 18 heavy (non-hydrogen) atoms. The van der Waals surface area contributed by atoms with Crippen molar-refractivity contribution >= 4 is 11.0 Å². The number of hydrogen-bond donors (Lipinski definition) is 1. The van der Waals surface area contributed by atoms with E-state index in [0.717, 1.165) is 24.4 Å². The van der Waals surface area contributed by atoms with Gasteiger partial charge >= 0.3 is 0 Å². The van der Waals surface area contributed by atoms with Gasteiger partial charge in [0.05, 0.1) is 17.1 Å². The summed E-state index contributed by atoms with van der Waals surface area (Å²) in [6.07, 6.45) is -0.282. The SMILES string of the molecule is Cc1nc2ccccc2n1CCN(C)CC(C)O. The van der Waals surface area contributed by atoms with E-state index in [9.17, 15) is 5.11 Å². The van der Waals surface area contributed by atoms with Crippen molar-refractivity contribution < 1.29 is 5.11 Å². The predicted molar refractivity (Wildman–Crippen MR) is 73.6 cm³/mol. The second kappa shape index (κ2) is 5.50. The first-order valence-corrected chi connectivity index (χ1v) is 6.36. The van der Waals surface area contributed by atoms with Crippen LogP contribution in [0.15, 0.2) is 24.3 Å². The second-order valence-corrected chi connectivity index (χ2v) is 4.91. The summed E-state index contributed by atoms with van der Waals surface area (Å²) in [5.41, 5.74) is 2.23. The molecule has 4 heteroatoms. The monoisotopic (exact) mass is 247 g/mol. The van der Waals surface area contributed by atoms with E-state index in [4.69, 9.17) is 0 Å². The smallest absolute Gasteiger partial charge is 0.106 e. The van der Waals surface area contributed by atoms with Gasteiger partial charge in [-0.3, -0.25) is 0 Å². The number of aromatic nitrogens is 2. The Hall–Kier alpha value is -1.39. The molecule has 0 amide bonds. The van der Waals surface area contributed by atoms with E-state index >= 15 is 0 Å². The van der Waals surface area contributed by atoms with Gasteiger partial charge in [0.15, 0.2) is 0 Å². The fourth-order valence-corrected chi connectivity index (χ4v) is 2.29. The molecule has 1 N–H and O–H groups in total. The van der Waals surface area contributed by atoms with Crippen molar-refractivity contribution in [1.82, 2.24) is 14.5 Å². The lowest BCUT2D eigenvalue weighted by Crippen LogP contribution is -2.30. The Kier molecular flexibility index (Phi) is 3.99. The molecule has 1 heterocycles. The van der Waals surface area contributed by atoms with Crippen LogP contribution in [0.1, 0.15) is 12.7 Å². The van der Waals surface area contributed by atoms with Gasteiger partial charge in [-0.05, 0) is 33.0 Å². The average molecular weight is 247 g/mol. The van der Waals surface area contributed by atoms with Gasteiger partial charge in [0.25, 0.3) is 0 Å². The van der Waals surface area contributed by atoms with Gasteiger partial charge in [-0.2, -0.15) is 0 Å². The second-order valence-electron chi connectivity index (χ2n) is 4.91. The maximum Gasteiger partial charge on any atom is 0.106 e. The summed E-state index contributed by atoms with van der Waals surface area (Å²) in [6.45, 7) is 6.36. The number of para-hydroxylation sites is 2. The van der Waals surface area contributed by atoms with Gasteiger partial charge in [-0.25, -0.2) is 4.98 Å². The molecule has 0 aliphatic rings. The number of benzene rings is 1. The summed E-state index contributed by atoms with van der Waals surface area (Å²) < 4.78 is 2.23. The van der Waals surface area contributed by atoms with Crippen LogP contribution < -0.4 is 0 Å². The molecule has 0 saturated carbocycles. The molecule has 2 aromatic rings. The van der Waals surface area contributed by atoms with Gasteiger partial charge in [-0.1, -0.05) is 12.1 Å². The normalized spacial score (nSPS) is 13.4. The van der Waals surface area contributed by atoms with Crippen molar-refractivity contribution in [3.63, 3.8) is 0 Å². The molecule has 0 bridgehead atoms. The zero-order valence-corrected chi connectivity index (χ0v) is 11.3. The molecule has 0 fully saturated rings. The average Bonchev–Trinajstić information content (AvgIpc) is 2.61. The quantitative estimate of drug-likeness (QED) is 0.873. The number of nitrogens with zero attached hydrogens (tertiary/aromatic N) is 3. The van der Waals surface area contributed by atoms with Gasteiger partial charge in [0, 0.05) is 19.6 Å². The largest absolute Gasteiger partial charge is 0.392 e. The van der Waals surface area contributed by atoms with Crippen LogP contribution in [0, 0.1) is 6.92 Å². The number of aliphatic hydroxyl groups excluding tert-OH is 1. The summed E-state index contributed by atoms with van der Waals surface area (Å²) in [5.74, 6) is 1.04. The third-order valence-corrected chi connectivity index (χ3v) is 3.13. The summed E-state index contributed by atoms with van der Waals surface area (Å²) in [5, 5.41) is 9.35. The van der Waals surface area contributed by atoms with Crippen molar-refractivity contribution in [2.45, 2.75) is 26.5 Å². The van der Waals surface area contributed by atoms with Crippen molar-refractivity contribution in [2.24, 2.45) is 0 Å². The van der Waals surface area contributed by atoms with Crippen molar-refractivity contribution in [2.75, 3.05) is 20.1 Å². The molecule has 1 atom stereocenters. The molecule has 2 rings (SSSR count). The van der Waals surface area contributed by atoms with Crippen LogP contribution in [-0.4, -0.2) is 45.8 Å². The van der Waals surface area contributed by atoms with Gasteiger partial charge in [-0.15, -0.1) is 0 Å². The highest BCUT2D eigenvalue weighted by molar-refractivity contribution is 5.75. The van der Waals surface area contributed by atoms with E-state index in [1.807, 2.05) is 39.1 Å². The van der Waals surface area contributed by atoms with Crippen molar-refractivity contribution in [1.29, 1.82) is 0 Å². The summed E-state index contributed by atoms with van der Waals surface area (Å²) in [7, 11) is 2.03. The van der Waals surface area contributed by atoms with E-state index in [-0.39, 0.29) is 6.10 Å². The maximum atomic E-state index is 9.35. The number of hydrogen-bond acceptors (Lipinski definition) is 3. The Morgan fingerprint density at radius 2 is 2.11 bits per heavy atom. The lowest BCUT2D eigenvalue weighted by molar-refractivity contribution is 0.139. The van der Waals surface area contributed by atoms with Crippen LogP contribution in [0.4, 0.5) is 0 Å².